The van der Waals surface area contributed by atoms with Crippen LogP contribution in [0.1, 0.15) is 40.5 Å². The SMILES string of the molecule is C=C[C@](O)(CC)[C@H]1OC(C)(C)O[C@@]1(CC)C1=CC(=O)OC1. The van der Waals surface area contributed by atoms with Crippen LogP contribution in [0.3, 0.4) is 0 Å². The van der Waals surface area contributed by atoms with Crippen molar-refractivity contribution in [3.63, 3.8) is 0 Å². The highest BCUT2D eigenvalue weighted by Crippen LogP contribution is 2.49. The van der Waals surface area contributed by atoms with Crippen LogP contribution < -0.4 is 0 Å². The molecule has 0 aromatic rings. The summed E-state index contributed by atoms with van der Waals surface area (Å²) in [4.78, 5) is 11.4. The normalized spacial score (nSPS) is 34.2. The monoisotopic (exact) mass is 296 g/mol. The second-order valence-electron chi connectivity index (χ2n) is 6.07. The standard InChI is InChI=1S/C16H24O5/c1-6-15(18,7-2)13-16(8-3,21-14(4,5)20-13)11-9-12(17)19-10-11/h6,9,13,18H,1,7-8,10H2,2-5H3/t13-,15+,16+/m1/s1. The molecule has 0 aromatic carbocycles. The van der Waals surface area contributed by atoms with Crippen LogP contribution in [-0.2, 0) is 19.0 Å². The van der Waals surface area contributed by atoms with E-state index >= 15 is 0 Å². The highest BCUT2D eigenvalue weighted by Gasteiger charge is 2.61. The third-order valence-corrected chi connectivity index (χ3v) is 4.36. The summed E-state index contributed by atoms with van der Waals surface area (Å²) in [6, 6.07) is 0. The summed E-state index contributed by atoms with van der Waals surface area (Å²) in [5.41, 5.74) is -1.43. The number of carbonyl (C=O) groups excluding carboxylic acids is 1. The average molecular weight is 296 g/mol. The Morgan fingerprint density at radius 1 is 1.52 bits per heavy atom. The van der Waals surface area contributed by atoms with E-state index in [-0.39, 0.29) is 12.6 Å². The first-order valence-electron chi connectivity index (χ1n) is 7.35. The highest BCUT2D eigenvalue weighted by molar-refractivity contribution is 5.85. The molecular weight excluding hydrogens is 272 g/mol. The maximum Gasteiger partial charge on any atom is 0.331 e. The topological polar surface area (TPSA) is 65.0 Å². The van der Waals surface area contributed by atoms with E-state index in [1.54, 1.807) is 13.8 Å². The first-order valence-corrected chi connectivity index (χ1v) is 7.35. The minimum absolute atomic E-state index is 0.166. The number of hydrogen-bond donors (Lipinski definition) is 1. The van der Waals surface area contributed by atoms with Gasteiger partial charge in [-0.25, -0.2) is 4.79 Å². The maximum atomic E-state index is 11.4. The quantitative estimate of drug-likeness (QED) is 0.621. The van der Waals surface area contributed by atoms with Crippen molar-refractivity contribution in [1.29, 1.82) is 0 Å². The third kappa shape index (κ3) is 2.54. The summed E-state index contributed by atoms with van der Waals surface area (Å²) in [5.74, 6) is -1.25. The Balaban J connectivity index is 2.52. The fourth-order valence-corrected chi connectivity index (χ4v) is 3.18. The number of cyclic esters (lactones) is 1. The zero-order chi connectivity index (χ0) is 15.9. The highest BCUT2D eigenvalue weighted by atomic mass is 16.8. The van der Waals surface area contributed by atoms with Crippen LogP contribution in [0.2, 0.25) is 0 Å². The van der Waals surface area contributed by atoms with Crippen LogP contribution in [0.25, 0.3) is 0 Å². The van der Waals surface area contributed by atoms with Crippen molar-refractivity contribution in [2.24, 2.45) is 0 Å². The van der Waals surface area contributed by atoms with Gasteiger partial charge in [-0.1, -0.05) is 19.9 Å². The number of aliphatic hydroxyl groups is 1. The summed E-state index contributed by atoms with van der Waals surface area (Å²) in [5, 5.41) is 10.9. The molecule has 0 spiro atoms. The minimum atomic E-state index is -1.24. The number of rotatable bonds is 5. The molecule has 2 aliphatic rings. The van der Waals surface area contributed by atoms with Gasteiger partial charge < -0.3 is 19.3 Å². The van der Waals surface area contributed by atoms with Gasteiger partial charge in [-0.2, -0.15) is 0 Å². The van der Waals surface area contributed by atoms with Gasteiger partial charge >= 0.3 is 5.97 Å². The average Bonchev–Trinajstić information content (AvgIpc) is 3.00. The van der Waals surface area contributed by atoms with E-state index in [2.05, 4.69) is 6.58 Å². The number of hydrogen-bond acceptors (Lipinski definition) is 5. The molecule has 2 heterocycles. The van der Waals surface area contributed by atoms with Gasteiger partial charge in [0, 0.05) is 11.6 Å². The van der Waals surface area contributed by atoms with Crippen molar-refractivity contribution in [3.8, 4) is 0 Å². The molecule has 118 valence electrons. The zero-order valence-electron chi connectivity index (χ0n) is 13.1. The van der Waals surface area contributed by atoms with Gasteiger partial charge in [0.1, 0.15) is 23.9 Å². The van der Waals surface area contributed by atoms with Gasteiger partial charge in [0.2, 0.25) is 0 Å². The second-order valence-corrected chi connectivity index (χ2v) is 6.07. The Labute approximate surface area is 125 Å². The lowest BCUT2D eigenvalue weighted by atomic mass is 9.76. The van der Waals surface area contributed by atoms with Crippen molar-refractivity contribution in [2.45, 2.75) is 63.6 Å². The lowest BCUT2D eigenvalue weighted by Crippen LogP contribution is -2.54. The molecule has 0 aromatic heterocycles. The Hall–Kier alpha value is -1.17. The maximum absolute atomic E-state index is 11.4. The van der Waals surface area contributed by atoms with Crippen molar-refractivity contribution >= 4 is 5.97 Å². The number of carbonyl (C=O) groups is 1. The molecule has 5 nitrogen and oxygen atoms in total. The molecule has 0 amide bonds. The van der Waals surface area contributed by atoms with E-state index in [4.69, 9.17) is 14.2 Å². The van der Waals surface area contributed by atoms with Crippen LogP contribution in [0.5, 0.6) is 0 Å². The smallest absolute Gasteiger partial charge is 0.331 e. The summed E-state index contributed by atoms with van der Waals surface area (Å²) < 4.78 is 17.2. The Bertz CT molecular complexity index is 481. The van der Waals surface area contributed by atoms with Crippen molar-refractivity contribution < 1.29 is 24.1 Å². The van der Waals surface area contributed by atoms with Gasteiger partial charge in [-0.3, -0.25) is 0 Å². The van der Waals surface area contributed by atoms with Gasteiger partial charge in [-0.15, -0.1) is 6.58 Å². The molecule has 0 bridgehead atoms. The Kier molecular flexibility index (Phi) is 4.04. The predicted octanol–water partition coefficient (Wildman–Crippen LogP) is 2.10. The molecule has 0 aliphatic carbocycles. The molecule has 2 aliphatic heterocycles. The largest absolute Gasteiger partial charge is 0.458 e. The predicted molar refractivity (Wildman–Crippen MR) is 77.5 cm³/mol. The first-order chi connectivity index (χ1) is 9.73. The fourth-order valence-electron chi connectivity index (χ4n) is 3.18. The Morgan fingerprint density at radius 3 is 2.62 bits per heavy atom. The van der Waals surface area contributed by atoms with E-state index in [9.17, 15) is 9.90 Å². The van der Waals surface area contributed by atoms with Gasteiger partial charge in [0.15, 0.2) is 5.79 Å². The molecule has 1 N–H and O–H groups in total. The first kappa shape index (κ1) is 16.2. The van der Waals surface area contributed by atoms with Crippen molar-refractivity contribution in [3.05, 3.63) is 24.3 Å². The van der Waals surface area contributed by atoms with E-state index in [1.165, 1.54) is 12.2 Å². The van der Waals surface area contributed by atoms with Gasteiger partial charge in [0.05, 0.1) is 0 Å². The fraction of sp³-hybridized carbons (Fsp3) is 0.688. The molecule has 0 saturated carbocycles. The van der Waals surface area contributed by atoms with Crippen molar-refractivity contribution in [2.75, 3.05) is 6.61 Å². The molecule has 1 fully saturated rings. The molecule has 0 radical (unpaired) electrons. The number of ether oxygens (including phenoxy) is 3. The lowest BCUT2D eigenvalue weighted by Gasteiger charge is -2.40. The summed E-state index contributed by atoms with van der Waals surface area (Å²) in [6.07, 6.45) is 3.28. The summed E-state index contributed by atoms with van der Waals surface area (Å²) >= 11 is 0. The van der Waals surface area contributed by atoms with Crippen LogP contribution >= 0.6 is 0 Å². The third-order valence-electron chi connectivity index (χ3n) is 4.36. The molecule has 21 heavy (non-hydrogen) atoms. The van der Waals surface area contributed by atoms with Crippen LogP contribution in [0, 0.1) is 0 Å². The van der Waals surface area contributed by atoms with Crippen LogP contribution in [0.15, 0.2) is 24.3 Å². The lowest BCUT2D eigenvalue weighted by molar-refractivity contribution is -0.168. The molecule has 3 atom stereocenters. The Morgan fingerprint density at radius 2 is 2.19 bits per heavy atom. The van der Waals surface area contributed by atoms with E-state index in [0.29, 0.717) is 18.4 Å². The number of esters is 1. The van der Waals surface area contributed by atoms with Gasteiger partial charge in [0.25, 0.3) is 0 Å². The van der Waals surface area contributed by atoms with E-state index < -0.39 is 23.1 Å². The van der Waals surface area contributed by atoms with Crippen molar-refractivity contribution in [1.82, 2.24) is 0 Å². The second kappa shape index (κ2) is 5.23. The van der Waals surface area contributed by atoms with Crippen LogP contribution in [0.4, 0.5) is 0 Å². The molecule has 1 saturated heterocycles. The summed E-state index contributed by atoms with van der Waals surface area (Å²) in [7, 11) is 0. The molecule has 5 heteroatoms. The van der Waals surface area contributed by atoms with Crippen LogP contribution in [-0.4, -0.2) is 40.8 Å². The molecule has 0 unspecified atom stereocenters. The summed E-state index contributed by atoms with van der Waals surface area (Å²) in [6.45, 7) is 11.3. The van der Waals surface area contributed by atoms with Gasteiger partial charge in [-0.05, 0) is 26.7 Å². The zero-order valence-corrected chi connectivity index (χ0v) is 13.1. The van der Waals surface area contributed by atoms with E-state index in [1.807, 2.05) is 13.8 Å². The van der Waals surface area contributed by atoms with E-state index in [0.717, 1.165) is 0 Å². The molecule has 2 rings (SSSR count). The minimum Gasteiger partial charge on any atom is -0.458 e. The molecular formula is C16H24O5.